The second-order valence-corrected chi connectivity index (χ2v) is 3.36. The SMILES string of the molecule is O=C1CC(=CCc2ccccc2)C(=O)O1.[Na+].[OH-]. The van der Waals surface area contributed by atoms with Gasteiger partial charge in [-0.2, -0.15) is 0 Å². The number of allylic oxidation sites excluding steroid dienone is 1. The van der Waals surface area contributed by atoms with E-state index in [1.807, 2.05) is 30.3 Å². The summed E-state index contributed by atoms with van der Waals surface area (Å²) in [6.07, 6.45) is 2.51. The molecule has 1 fully saturated rings. The Morgan fingerprint density at radius 1 is 1.18 bits per heavy atom. The van der Waals surface area contributed by atoms with E-state index in [0.29, 0.717) is 12.0 Å². The molecule has 0 amide bonds. The maximum absolute atomic E-state index is 11.1. The first kappa shape index (κ1) is 16.1. The van der Waals surface area contributed by atoms with Gasteiger partial charge in [-0.15, -0.1) is 0 Å². The molecule has 1 saturated heterocycles. The number of carbonyl (C=O) groups is 2. The second-order valence-electron chi connectivity index (χ2n) is 3.36. The van der Waals surface area contributed by atoms with E-state index in [2.05, 4.69) is 4.74 Å². The van der Waals surface area contributed by atoms with E-state index in [9.17, 15) is 9.59 Å². The minimum absolute atomic E-state index is 0. The van der Waals surface area contributed by atoms with Crippen LogP contribution in [0.2, 0.25) is 0 Å². The molecule has 1 aliphatic rings. The Labute approximate surface area is 121 Å². The van der Waals surface area contributed by atoms with Crippen molar-refractivity contribution in [1.82, 2.24) is 0 Å². The van der Waals surface area contributed by atoms with E-state index in [1.54, 1.807) is 6.08 Å². The minimum atomic E-state index is -0.504. The Hall–Kier alpha value is -0.940. The van der Waals surface area contributed by atoms with Crippen molar-refractivity contribution in [3.05, 3.63) is 47.5 Å². The van der Waals surface area contributed by atoms with Crippen molar-refractivity contribution in [3.63, 3.8) is 0 Å². The van der Waals surface area contributed by atoms with Gasteiger partial charge in [0.1, 0.15) is 0 Å². The van der Waals surface area contributed by atoms with Crippen LogP contribution in [0.3, 0.4) is 0 Å². The molecule has 5 heteroatoms. The zero-order valence-electron chi connectivity index (χ0n) is 9.55. The zero-order valence-corrected chi connectivity index (χ0v) is 11.6. The van der Waals surface area contributed by atoms with Gasteiger partial charge in [0.2, 0.25) is 0 Å². The van der Waals surface area contributed by atoms with Gasteiger partial charge in [0.25, 0.3) is 0 Å². The van der Waals surface area contributed by atoms with E-state index in [0.717, 1.165) is 5.56 Å². The Kier molecular flexibility index (Phi) is 6.99. The summed E-state index contributed by atoms with van der Waals surface area (Å²) < 4.78 is 4.42. The molecule has 1 aromatic rings. The first-order valence-electron chi connectivity index (χ1n) is 4.73. The van der Waals surface area contributed by atoms with E-state index in [1.165, 1.54) is 0 Å². The van der Waals surface area contributed by atoms with Crippen LogP contribution in [-0.2, 0) is 20.7 Å². The van der Waals surface area contributed by atoms with Gasteiger partial charge in [-0.05, 0) is 12.0 Å². The molecular weight excluding hydrogens is 231 g/mol. The smallest absolute Gasteiger partial charge is 0.870 e. The van der Waals surface area contributed by atoms with Crippen molar-refractivity contribution in [2.24, 2.45) is 0 Å². The van der Waals surface area contributed by atoms with Crippen LogP contribution in [0.5, 0.6) is 0 Å². The molecule has 0 aliphatic carbocycles. The molecule has 1 aromatic carbocycles. The standard InChI is InChI=1S/C12H10O3.Na.H2O/c13-11-8-10(12(14)15-11)7-6-9-4-2-1-3-5-9;;/h1-5,7H,6,8H2;;1H2/q;+1;/p-1. The number of ether oxygens (including phenoxy) is 1. The molecule has 0 bridgehead atoms. The molecule has 0 radical (unpaired) electrons. The molecular formula is C12H11NaO4. The Bertz CT molecular complexity index is 425. The molecule has 1 heterocycles. The van der Waals surface area contributed by atoms with Crippen molar-refractivity contribution in [2.45, 2.75) is 12.8 Å². The largest absolute Gasteiger partial charge is 1.00 e. The molecule has 4 nitrogen and oxygen atoms in total. The fourth-order valence-corrected chi connectivity index (χ4v) is 1.44. The number of hydrogen-bond acceptors (Lipinski definition) is 4. The van der Waals surface area contributed by atoms with Gasteiger partial charge < -0.3 is 10.2 Å². The average molecular weight is 242 g/mol. The van der Waals surface area contributed by atoms with E-state index < -0.39 is 11.9 Å². The predicted octanol–water partition coefficient (Wildman–Crippen LogP) is -1.54. The van der Waals surface area contributed by atoms with Crippen LogP contribution in [0.1, 0.15) is 12.0 Å². The van der Waals surface area contributed by atoms with Crippen LogP contribution < -0.4 is 29.6 Å². The van der Waals surface area contributed by atoms with Crippen LogP contribution in [0.25, 0.3) is 0 Å². The van der Waals surface area contributed by atoms with Gasteiger partial charge in [-0.3, -0.25) is 4.79 Å². The molecule has 17 heavy (non-hydrogen) atoms. The number of rotatable bonds is 2. The van der Waals surface area contributed by atoms with Crippen LogP contribution in [0.15, 0.2) is 42.0 Å². The monoisotopic (exact) mass is 242 g/mol. The Balaban J connectivity index is 0.00000128. The third kappa shape index (κ3) is 4.44. The number of cyclic esters (lactones) is 2. The molecule has 0 atom stereocenters. The minimum Gasteiger partial charge on any atom is -0.870 e. The van der Waals surface area contributed by atoms with E-state index in [4.69, 9.17) is 0 Å². The maximum atomic E-state index is 11.1. The number of benzene rings is 1. The van der Waals surface area contributed by atoms with Gasteiger partial charge in [0.15, 0.2) is 0 Å². The summed E-state index contributed by atoms with van der Waals surface area (Å²) in [5, 5.41) is 0. The van der Waals surface area contributed by atoms with Gasteiger partial charge in [0, 0.05) is 5.57 Å². The van der Waals surface area contributed by atoms with Crippen molar-refractivity contribution in [1.29, 1.82) is 0 Å². The first-order valence-corrected chi connectivity index (χ1v) is 4.73. The Morgan fingerprint density at radius 3 is 2.35 bits per heavy atom. The quantitative estimate of drug-likeness (QED) is 0.272. The number of hydrogen-bond donors (Lipinski definition) is 0. The van der Waals surface area contributed by atoms with Crippen molar-refractivity contribution in [3.8, 4) is 0 Å². The summed E-state index contributed by atoms with van der Waals surface area (Å²) in [6.45, 7) is 0. The topological polar surface area (TPSA) is 73.4 Å². The van der Waals surface area contributed by atoms with Crippen LogP contribution in [0, 0.1) is 0 Å². The molecule has 0 spiro atoms. The van der Waals surface area contributed by atoms with Gasteiger partial charge in [0.05, 0.1) is 6.42 Å². The normalized spacial score (nSPS) is 16.1. The molecule has 2 rings (SSSR count). The van der Waals surface area contributed by atoms with Crippen LogP contribution in [-0.4, -0.2) is 17.4 Å². The molecule has 84 valence electrons. The van der Waals surface area contributed by atoms with Gasteiger partial charge >= 0.3 is 41.5 Å². The number of carbonyl (C=O) groups excluding carboxylic acids is 2. The summed E-state index contributed by atoms with van der Waals surface area (Å²) in [7, 11) is 0. The fraction of sp³-hybridized carbons (Fsp3) is 0.167. The summed E-state index contributed by atoms with van der Waals surface area (Å²) in [6, 6.07) is 9.75. The second kappa shape index (κ2) is 7.40. The van der Waals surface area contributed by atoms with Gasteiger partial charge in [-0.1, -0.05) is 36.4 Å². The maximum Gasteiger partial charge on any atom is 1.00 e. The first-order chi connectivity index (χ1) is 7.25. The molecule has 0 aromatic heterocycles. The summed E-state index contributed by atoms with van der Waals surface area (Å²) in [4.78, 5) is 21.9. The van der Waals surface area contributed by atoms with Crippen molar-refractivity contribution >= 4 is 11.9 Å². The molecule has 1 aliphatic heterocycles. The van der Waals surface area contributed by atoms with Gasteiger partial charge in [-0.25, -0.2) is 4.79 Å². The average Bonchev–Trinajstić information content (AvgIpc) is 2.56. The van der Waals surface area contributed by atoms with E-state index >= 15 is 0 Å². The Morgan fingerprint density at radius 2 is 1.82 bits per heavy atom. The van der Waals surface area contributed by atoms with Crippen molar-refractivity contribution < 1.29 is 49.4 Å². The van der Waals surface area contributed by atoms with E-state index in [-0.39, 0.29) is 41.5 Å². The zero-order chi connectivity index (χ0) is 10.7. The molecule has 0 unspecified atom stereocenters. The summed E-state index contributed by atoms with van der Waals surface area (Å²) in [5.41, 5.74) is 1.57. The third-order valence-corrected chi connectivity index (χ3v) is 2.23. The number of esters is 2. The molecule has 1 N–H and O–H groups in total. The predicted molar refractivity (Wildman–Crippen MR) is 55.9 cm³/mol. The van der Waals surface area contributed by atoms with Crippen molar-refractivity contribution in [2.75, 3.05) is 0 Å². The summed E-state index contributed by atoms with van der Waals surface area (Å²) >= 11 is 0. The van der Waals surface area contributed by atoms with Crippen LogP contribution in [0.4, 0.5) is 0 Å². The van der Waals surface area contributed by atoms with Crippen LogP contribution >= 0.6 is 0 Å². The molecule has 0 saturated carbocycles. The summed E-state index contributed by atoms with van der Waals surface area (Å²) in [5.74, 6) is -0.963. The third-order valence-electron chi connectivity index (χ3n) is 2.23. The fourth-order valence-electron chi connectivity index (χ4n) is 1.44.